The smallest absolute Gasteiger partial charge is 0.222 e. The van der Waals surface area contributed by atoms with E-state index in [0.29, 0.717) is 24.6 Å². The second-order valence-electron chi connectivity index (χ2n) is 10.00. The number of unbranched alkanes of at least 4 members (excludes halogenated alkanes) is 2. The molecule has 4 rings (SSSR count). The molecule has 8 nitrogen and oxygen atoms in total. The molecular weight excluding hydrogens is 438 g/mol. The molecule has 1 fully saturated rings. The fraction of sp³-hybridized carbons (Fsp3) is 0.556. The van der Waals surface area contributed by atoms with E-state index < -0.39 is 0 Å². The first-order chi connectivity index (χ1) is 16.9. The molecule has 3 aromatic rings. The summed E-state index contributed by atoms with van der Waals surface area (Å²) in [5, 5.41) is 3.47. The lowest BCUT2D eigenvalue weighted by Gasteiger charge is -2.45. The summed E-state index contributed by atoms with van der Waals surface area (Å²) in [5.74, 6) is 2.00. The number of aromatic nitrogens is 3. The van der Waals surface area contributed by atoms with Crippen LogP contribution in [-0.4, -0.2) is 70.2 Å². The number of benzene rings is 1. The molecule has 1 saturated heterocycles. The molecule has 1 aliphatic heterocycles. The highest BCUT2D eigenvalue weighted by Crippen LogP contribution is 2.28. The van der Waals surface area contributed by atoms with E-state index in [0.717, 1.165) is 60.8 Å². The number of hydrogen-bond acceptors (Lipinski definition) is 7. The first-order valence-electron chi connectivity index (χ1n) is 12.9. The number of nitrogens with one attached hydrogen (secondary N) is 1. The van der Waals surface area contributed by atoms with Gasteiger partial charge in [0.1, 0.15) is 11.3 Å². The van der Waals surface area contributed by atoms with Gasteiger partial charge in [0, 0.05) is 50.0 Å². The number of fused-ring (bicyclic) bond motifs is 1. The van der Waals surface area contributed by atoms with Crippen LogP contribution in [0.2, 0.25) is 0 Å². The molecular formula is C27H41N7O. The van der Waals surface area contributed by atoms with Crippen LogP contribution in [0.25, 0.3) is 11.0 Å². The minimum absolute atomic E-state index is 0.294. The molecule has 1 aliphatic rings. The molecule has 0 unspecified atom stereocenters. The van der Waals surface area contributed by atoms with Crippen molar-refractivity contribution in [3.05, 3.63) is 41.6 Å². The monoisotopic (exact) mass is 479 g/mol. The Bertz CT molecular complexity index is 1120. The van der Waals surface area contributed by atoms with Gasteiger partial charge >= 0.3 is 0 Å². The number of ether oxygens (including phenoxy) is 1. The van der Waals surface area contributed by atoms with Crippen molar-refractivity contribution >= 4 is 22.8 Å². The Balaban J connectivity index is 1.47. The molecule has 0 amide bonds. The number of likely N-dealkylation sites (tertiary alicyclic amines) is 1. The number of methoxy groups -OCH3 is 1. The van der Waals surface area contributed by atoms with Gasteiger partial charge in [0.25, 0.3) is 0 Å². The summed E-state index contributed by atoms with van der Waals surface area (Å²) < 4.78 is 7.98. The van der Waals surface area contributed by atoms with Gasteiger partial charge in [-0.2, -0.15) is 4.98 Å². The Labute approximate surface area is 209 Å². The highest BCUT2D eigenvalue weighted by atomic mass is 16.5. The molecule has 0 spiro atoms. The average Bonchev–Trinajstić information content (AvgIpc) is 3.21. The quantitative estimate of drug-likeness (QED) is 0.377. The van der Waals surface area contributed by atoms with Gasteiger partial charge in [-0.25, -0.2) is 4.98 Å². The molecule has 0 radical (unpaired) electrons. The maximum absolute atomic E-state index is 5.98. The summed E-state index contributed by atoms with van der Waals surface area (Å²) in [4.78, 5) is 13.9. The number of likely N-dealkylation sites (N-methyl/N-ethyl adjacent to an activating group) is 1. The molecule has 35 heavy (non-hydrogen) atoms. The Hall–Kier alpha value is -2.84. The molecule has 0 atom stereocenters. The van der Waals surface area contributed by atoms with Crippen LogP contribution in [0.4, 0.5) is 11.8 Å². The van der Waals surface area contributed by atoms with Gasteiger partial charge in [0.15, 0.2) is 5.82 Å². The van der Waals surface area contributed by atoms with Crippen molar-refractivity contribution in [1.29, 1.82) is 0 Å². The Morgan fingerprint density at radius 2 is 1.97 bits per heavy atom. The van der Waals surface area contributed by atoms with E-state index in [9.17, 15) is 0 Å². The number of hydrogen-bond donors (Lipinski definition) is 2. The van der Waals surface area contributed by atoms with Crippen LogP contribution >= 0.6 is 0 Å². The van der Waals surface area contributed by atoms with E-state index in [1.165, 1.54) is 18.4 Å². The fourth-order valence-electron chi connectivity index (χ4n) is 4.77. The third-order valence-electron chi connectivity index (χ3n) is 7.13. The maximum atomic E-state index is 5.98. The van der Waals surface area contributed by atoms with E-state index in [1.807, 2.05) is 6.07 Å². The maximum Gasteiger partial charge on any atom is 0.222 e. The van der Waals surface area contributed by atoms with Gasteiger partial charge in [-0.1, -0.05) is 31.9 Å². The molecule has 1 aromatic carbocycles. The van der Waals surface area contributed by atoms with Gasteiger partial charge in [0.2, 0.25) is 5.95 Å². The molecule has 0 saturated carbocycles. The van der Waals surface area contributed by atoms with Crippen molar-refractivity contribution in [2.45, 2.75) is 65.2 Å². The Morgan fingerprint density at radius 3 is 2.69 bits per heavy atom. The Morgan fingerprint density at radius 1 is 1.17 bits per heavy atom. The molecule has 190 valence electrons. The second-order valence-corrected chi connectivity index (χ2v) is 10.00. The van der Waals surface area contributed by atoms with Gasteiger partial charge < -0.3 is 20.4 Å². The average molecular weight is 480 g/mol. The normalized spacial score (nSPS) is 14.7. The lowest BCUT2D eigenvalue weighted by molar-refractivity contribution is 0.0279. The van der Waals surface area contributed by atoms with Crippen molar-refractivity contribution < 1.29 is 4.74 Å². The fourth-order valence-corrected chi connectivity index (χ4v) is 4.77. The van der Waals surface area contributed by atoms with Gasteiger partial charge in [-0.3, -0.25) is 9.80 Å². The second kappa shape index (κ2) is 11.3. The molecule has 3 N–H and O–H groups in total. The van der Waals surface area contributed by atoms with Gasteiger partial charge in [0.05, 0.1) is 19.2 Å². The van der Waals surface area contributed by atoms with E-state index in [4.69, 9.17) is 10.5 Å². The predicted molar refractivity (Wildman–Crippen MR) is 144 cm³/mol. The van der Waals surface area contributed by atoms with Crippen molar-refractivity contribution in [3.8, 4) is 5.75 Å². The zero-order valence-electron chi connectivity index (χ0n) is 21.9. The Kier molecular flexibility index (Phi) is 8.13. The van der Waals surface area contributed by atoms with Crippen LogP contribution in [0.15, 0.2) is 30.5 Å². The summed E-state index contributed by atoms with van der Waals surface area (Å²) in [5.41, 5.74) is 10.2. The highest BCUT2D eigenvalue weighted by Gasteiger charge is 2.30. The van der Waals surface area contributed by atoms with Crippen molar-refractivity contribution in [2.75, 3.05) is 44.8 Å². The number of nitrogens with zero attached hydrogens (tertiary/aromatic N) is 5. The van der Waals surface area contributed by atoms with Crippen molar-refractivity contribution in [2.24, 2.45) is 0 Å². The van der Waals surface area contributed by atoms with E-state index in [1.54, 1.807) is 7.11 Å². The number of rotatable bonds is 12. The zero-order valence-corrected chi connectivity index (χ0v) is 21.9. The highest BCUT2D eigenvalue weighted by molar-refractivity contribution is 5.87. The third-order valence-corrected chi connectivity index (χ3v) is 7.13. The van der Waals surface area contributed by atoms with Crippen molar-refractivity contribution in [1.82, 2.24) is 24.3 Å². The third kappa shape index (κ3) is 5.87. The van der Waals surface area contributed by atoms with Crippen LogP contribution in [0.1, 0.15) is 51.2 Å². The molecule has 8 heteroatoms. The van der Waals surface area contributed by atoms with Crippen LogP contribution in [-0.2, 0) is 13.1 Å². The predicted octanol–water partition coefficient (Wildman–Crippen LogP) is 4.20. The van der Waals surface area contributed by atoms with Crippen molar-refractivity contribution in [3.63, 3.8) is 0 Å². The summed E-state index contributed by atoms with van der Waals surface area (Å²) >= 11 is 0. The topological polar surface area (TPSA) is 84.5 Å². The zero-order chi connectivity index (χ0) is 24.9. The minimum atomic E-state index is 0.294. The number of anilines is 2. The molecule has 0 bridgehead atoms. The lowest BCUT2D eigenvalue weighted by Crippen LogP contribution is -2.59. The molecule has 0 aliphatic carbocycles. The molecule has 3 heterocycles. The standard InChI is InChI=1S/C27H41N7O/c1-6-7-8-12-29-26-25-23(30-27(28)31-26)11-13-34(25)16-21-10-9-20(14-24(21)35-5)15-33-17-22(18-33)32(4)19(2)3/h9-11,13-14,19,22H,6-8,12,15-18H2,1-5H3,(H3,28,29,30,31). The van der Waals surface area contributed by atoms with E-state index in [-0.39, 0.29) is 0 Å². The summed E-state index contributed by atoms with van der Waals surface area (Å²) in [6, 6.07) is 9.82. The first-order valence-corrected chi connectivity index (χ1v) is 12.9. The summed E-state index contributed by atoms with van der Waals surface area (Å²) in [6.07, 6.45) is 5.52. The van der Waals surface area contributed by atoms with Crippen LogP contribution < -0.4 is 15.8 Å². The minimum Gasteiger partial charge on any atom is -0.496 e. The SMILES string of the molecule is CCCCCNc1nc(N)nc2ccn(Cc3ccc(CN4CC(N(C)C(C)C)C4)cc3OC)c12. The van der Waals surface area contributed by atoms with Crippen LogP contribution in [0.3, 0.4) is 0 Å². The summed E-state index contributed by atoms with van der Waals surface area (Å²) in [6.45, 7) is 11.4. The van der Waals surface area contributed by atoms with Crippen LogP contribution in [0.5, 0.6) is 5.75 Å². The number of nitrogens with two attached hydrogens (primary N) is 1. The summed E-state index contributed by atoms with van der Waals surface area (Å²) in [7, 11) is 3.97. The lowest BCUT2D eigenvalue weighted by atomic mass is 10.0. The van der Waals surface area contributed by atoms with Crippen LogP contribution in [0, 0.1) is 0 Å². The van der Waals surface area contributed by atoms with E-state index >= 15 is 0 Å². The largest absolute Gasteiger partial charge is 0.496 e. The van der Waals surface area contributed by atoms with E-state index in [2.05, 4.69) is 81.9 Å². The van der Waals surface area contributed by atoms with Gasteiger partial charge in [-0.15, -0.1) is 0 Å². The number of nitrogen functional groups attached to an aromatic ring is 1. The molecule has 2 aromatic heterocycles. The van der Waals surface area contributed by atoms with Gasteiger partial charge in [-0.05, 0) is 45.0 Å². The first kappa shape index (κ1) is 25.3.